The van der Waals surface area contributed by atoms with E-state index < -0.39 is 10.5 Å². The van der Waals surface area contributed by atoms with Crippen LogP contribution >= 0.6 is 47.4 Å². The van der Waals surface area contributed by atoms with E-state index in [1.807, 2.05) is 45.2 Å². The van der Waals surface area contributed by atoms with Crippen molar-refractivity contribution in [3.8, 4) is 0 Å². The lowest BCUT2D eigenvalue weighted by Gasteiger charge is -2.14. The smallest absolute Gasteiger partial charge is 0.253 e. The summed E-state index contributed by atoms with van der Waals surface area (Å²) in [7, 11) is 0. The third kappa shape index (κ3) is 13.7. The van der Waals surface area contributed by atoms with Gasteiger partial charge in [0.05, 0.1) is 0 Å². The third-order valence-electron chi connectivity index (χ3n) is 2.75. The van der Waals surface area contributed by atoms with Crippen LogP contribution in [0.1, 0.15) is 41.5 Å². The summed E-state index contributed by atoms with van der Waals surface area (Å²) in [5.74, 6) is 5.06. The summed E-state index contributed by atoms with van der Waals surface area (Å²) in [5, 5.41) is -0.800. The molecule has 0 saturated carbocycles. The number of hydrogen-bond donors (Lipinski definition) is 2. The minimum atomic E-state index is -0.407. The van der Waals surface area contributed by atoms with E-state index in [1.165, 1.54) is 11.8 Å². The molecule has 0 spiro atoms. The first-order valence-electron chi connectivity index (χ1n) is 7.68. The highest BCUT2D eigenvalue weighted by Crippen LogP contribution is 2.20. The molecular formula is C19H25Cl3N2O2S. The van der Waals surface area contributed by atoms with Gasteiger partial charge in [0.2, 0.25) is 0 Å². The van der Waals surface area contributed by atoms with Crippen molar-refractivity contribution in [3.05, 3.63) is 65.7 Å². The molecule has 150 valence electrons. The molecule has 0 bridgehead atoms. The molecular weight excluding hydrogens is 427 g/mol. The highest BCUT2D eigenvalue weighted by Gasteiger charge is 2.05. The summed E-state index contributed by atoms with van der Waals surface area (Å²) in [4.78, 5) is 22.1. The number of hydrogen-bond acceptors (Lipinski definition) is 5. The first-order valence-corrected chi connectivity index (χ1v) is 9.66. The summed E-state index contributed by atoms with van der Waals surface area (Å²) in [5.41, 5.74) is 3.80. The monoisotopic (exact) mass is 450 g/mol. The van der Waals surface area contributed by atoms with Gasteiger partial charge in [0.25, 0.3) is 10.5 Å². The number of rotatable bonds is 3. The van der Waals surface area contributed by atoms with Gasteiger partial charge in [0, 0.05) is 21.6 Å². The minimum Gasteiger partial charge on any atom is -0.276 e. The van der Waals surface area contributed by atoms with Gasteiger partial charge in [-0.3, -0.25) is 20.9 Å². The fraction of sp³-hybridized carbons (Fsp3) is 0.263. The SMILES string of the molecule is CC(C)(C)NN.CSc1ccccc1C(=O)Cl.Cl.O=C(Cl)c1ccccc1. The number of benzene rings is 2. The summed E-state index contributed by atoms with van der Waals surface area (Å²) in [6.45, 7) is 6.02. The van der Waals surface area contributed by atoms with Crippen LogP contribution in [0.3, 0.4) is 0 Å². The van der Waals surface area contributed by atoms with Crippen LogP contribution in [0.2, 0.25) is 0 Å². The van der Waals surface area contributed by atoms with Gasteiger partial charge in [-0.15, -0.1) is 24.2 Å². The quantitative estimate of drug-likeness (QED) is 0.278. The van der Waals surface area contributed by atoms with Crippen molar-refractivity contribution in [3.63, 3.8) is 0 Å². The Bertz CT molecular complexity index is 693. The van der Waals surface area contributed by atoms with Crippen molar-refractivity contribution in [2.45, 2.75) is 31.2 Å². The van der Waals surface area contributed by atoms with Gasteiger partial charge in [-0.2, -0.15) is 0 Å². The molecule has 0 aliphatic carbocycles. The second kappa shape index (κ2) is 14.9. The van der Waals surface area contributed by atoms with Crippen LogP contribution < -0.4 is 11.3 Å². The van der Waals surface area contributed by atoms with Crippen molar-refractivity contribution < 1.29 is 9.59 Å². The highest BCUT2D eigenvalue weighted by atomic mass is 35.5. The Morgan fingerprint density at radius 2 is 1.37 bits per heavy atom. The lowest BCUT2D eigenvalue weighted by molar-refractivity contribution is 0.107. The molecule has 0 unspecified atom stereocenters. The van der Waals surface area contributed by atoms with E-state index in [1.54, 1.807) is 36.4 Å². The maximum absolute atomic E-state index is 10.8. The Morgan fingerprint density at radius 1 is 0.926 bits per heavy atom. The second-order valence-corrected chi connectivity index (χ2v) is 7.54. The van der Waals surface area contributed by atoms with Gasteiger partial charge < -0.3 is 0 Å². The lowest BCUT2D eigenvalue weighted by Crippen LogP contribution is -2.41. The minimum absolute atomic E-state index is 0. The van der Waals surface area contributed by atoms with Crippen LogP contribution in [0.5, 0.6) is 0 Å². The molecule has 0 aromatic heterocycles. The summed E-state index contributed by atoms with van der Waals surface area (Å²) in [6.07, 6.45) is 1.92. The van der Waals surface area contributed by atoms with Crippen molar-refractivity contribution in [2.24, 2.45) is 5.84 Å². The van der Waals surface area contributed by atoms with Crippen LogP contribution in [-0.2, 0) is 0 Å². The molecule has 0 aliphatic heterocycles. The summed E-state index contributed by atoms with van der Waals surface area (Å²) >= 11 is 12.0. The van der Waals surface area contributed by atoms with Gasteiger partial charge in [-0.1, -0.05) is 42.5 Å². The number of halogens is 3. The van der Waals surface area contributed by atoms with Crippen LogP contribution in [0.15, 0.2) is 59.5 Å². The van der Waals surface area contributed by atoms with Crippen molar-refractivity contribution in [1.82, 2.24) is 5.43 Å². The molecule has 2 aromatic rings. The van der Waals surface area contributed by atoms with Gasteiger partial charge in [-0.05, 0) is 62.4 Å². The predicted octanol–water partition coefficient (Wildman–Crippen LogP) is 5.52. The topological polar surface area (TPSA) is 72.2 Å². The lowest BCUT2D eigenvalue weighted by atomic mass is 10.1. The van der Waals surface area contributed by atoms with Crippen LogP contribution in [0.25, 0.3) is 0 Å². The van der Waals surface area contributed by atoms with E-state index in [9.17, 15) is 9.59 Å². The normalized spacial score (nSPS) is 9.59. The number of carbonyl (C=O) groups is 2. The number of hydrazine groups is 1. The van der Waals surface area contributed by atoms with Crippen LogP contribution in [0, 0.1) is 0 Å². The Labute approximate surface area is 181 Å². The van der Waals surface area contributed by atoms with Gasteiger partial charge >= 0.3 is 0 Å². The molecule has 2 rings (SSSR count). The number of nitrogens with two attached hydrogens (primary N) is 1. The van der Waals surface area contributed by atoms with Crippen molar-refractivity contribution in [2.75, 3.05) is 6.26 Å². The second-order valence-electron chi connectivity index (χ2n) is 6.01. The molecule has 0 heterocycles. The van der Waals surface area contributed by atoms with Gasteiger partial charge in [0.15, 0.2) is 0 Å². The molecule has 2 aromatic carbocycles. The Kier molecular flexibility index (Phi) is 15.5. The third-order valence-corrected chi connectivity index (χ3v) is 3.97. The van der Waals surface area contributed by atoms with Gasteiger partial charge in [0.1, 0.15) is 0 Å². The van der Waals surface area contributed by atoms with E-state index in [0.29, 0.717) is 11.1 Å². The van der Waals surface area contributed by atoms with E-state index in [-0.39, 0.29) is 17.9 Å². The largest absolute Gasteiger partial charge is 0.276 e. The number of carbonyl (C=O) groups excluding carboxylic acids is 2. The Balaban J connectivity index is 0. The zero-order chi connectivity index (χ0) is 20.2. The number of nitrogens with one attached hydrogen (secondary N) is 1. The molecule has 0 saturated heterocycles. The van der Waals surface area contributed by atoms with E-state index in [4.69, 9.17) is 29.0 Å². The molecule has 4 nitrogen and oxygen atoms in total. The molecule has 8 heteroatoms. The summed E-state index contributed by atoms with van der Waals surface area (Å²) in [6, 6.07) is 16.0. The van der Waals surface area contributed by atoms with E-state index in [0.717, 1.165) is 4.90 Å². The predicted molar refractivity (Wildman–Crippen MR) is 119 cm³/mol. The maximum atomic E-state index is 10.8. The zero-order valence-corrected chi connectivity index (χ0v) is 18.8. The fourth-order valence-electron chi connectivity index (χ4n) is 1.38. The Hall–Kier alpha value is -1.08. The zero-order valence-electron chi connectivity index (χ0n) is 15.7. The highest BCUT2D eigenvalue weighted by molar-refractivity contribution is 7.98. The van der Waals surface area contributed by atoms with E-state index in [2.05, 4.69) is 5.43 Å². The summed E-state index contributed by atoms with van der Waals surface area (Å²) < 4.78 is 0. The average molecular weight is 452 g/mol. The molecule has 0 aliphatic rings. The maximum Gasteiger partial charge on any atom is 0.253 e. The average Bonchev–Trinajstić information content (AvgIpc) is 2.62. The molecule has 0 radical (unpaired) electrons. The van der Waals surface area contributed by atoms with E-state index >= 15 is 0 Å². The first-order chi connectivity index (χ1) is 12.1. The standard InChI is InChI=1S/C8H7ClOS.C7H5ClO.C4H12N2.ClH/c1-11-7-5-3-2-4-6(7)8(9)10;8-7(9)6-4-2-1-3-5-6;1-4(2,3)6-5;/h2-5H,1H3;1-5H;6H,5H2,1-3H3;1H. The fourth-order valence-corrected chi connectivity index (χ4v) is 2.32. The molecule has 3 N–H and O–H groups in total. The van der Waals surface area contributed by atoms with Crippen molar-refractivity contribution in [1.29, 1.82) is 0 Å². The van der Waals surface area contributed by atoms with Crippen molar-refractivity contribution >= 4 is 57.9 Å². The van der Waals surface area contributed by atoms with Crippen LogP contribution in [-0.4, -0.2) is 22.3 Å². The first kappa shape index (κ1) is 28.1. The molecule has 0 amide bonds. The van der Waals surface area contributed by atoms with Crippen LogP contribution in [0.4, 0.5) is 0 Å². The molecule has 27 heavy (non-hydrogen) atoms. The number of thioether (sulfide) groups is 1. The molecule has 0 atom stereocenters. The van der Waals surface area contributed by atoms with Gasteiger partial charge in [-0.25, -0.2) is 0 Å². The Morgan fingerprint density at radius 3 is 1.67 bits per heavy atom. The molecule has 0 fully saturated rings.